The van der Waals surface area contributed by atoms with Crippen molar-refractivity contribution in [3.05, 3.63) is 353 Å². The van der Waals surface area contributed by atoms with Gasteiger partial charge >= 0.3 is 5.97 Å². The molecular formula is C127H143N5O17. The van der Waals surface area contributed by atoms with Crippen molar-refractivity contribution in [2.24, 2.45) is 0 Å². The first-order chi connectivity index (χ1) is 72.5. The Morgan fingerprint density at radius 3 is 0.752 bits per heavy atom. The van der Waals surface area contributed by atoms with Crippen molar-refractivity contribution < 1.29 is 80.6 Å². The number of carbonyl (C=O) groups excluding carboxylic acids is 2. The molecule has 5 aromatic heterocycles. The third kappa shape index (κ3) is 28.1. The number of rotatable bonds is 41. The quantitative estimate of drug-likeness (QED) is 0.0277. The minimum Gasteiger partial charge on any atom is -0.493 e. The maximum Gasteiger partial charge on any atom is 0.303 e. The van der Waals surface area contributed by atoms with Gasteiger partial charge in [-0.1, -0.05) is 139 Å². The number of nitrogens with zero attached hydrogens (tertiary/aromatic N) is 5. The van der Waals surface area contributed by atoms with Crippen molar-refractivity contribution >= 4 is 17.5 Å². The lowest BCUT2D eigenvalue weighted by molar-refractivity contribution is -0.137. The summed E-state index contributed by atoms with van der Waals surface area (Å²) in [6.45, 7) is 25.1. The molecule has 0 radical (unpaired) electrons. The summed E-state index contributed by atoms with van der Waals surface area (Å²) in [5, 5.41) is 36.7. The largest absolute Gasteiger partial charge is 0.493 e. The Hall–Kier alpha value is -14.1. The van der Waals surface area contributed by atoms with Gasteiger partial charge in [0.05, 0.1) is 87.7 Å². The molecule has 5 atom stereocenters. The Labute approximate surface area is 876 Å². The molecule has 0 fully saturated rings. The van der Waals surface area contributed by atoms with E-state index in [1.54, 1.807) is 13.8 Å². The van der Waals surface area contributed by atoms with Gasteiger partial charge in [-0.15, -0.1) is 0 Å². The Morgan fingerprint density at radius 2 is 0.517 bits per heavy atom. The highest BCUT2D eigenvalue weighted by atomic mass is 16.5. The van der Waals surface area contributed by atoms with Gasteiger partial charge in [-0.3, -0.25) is 4.79 Å². The minimum atomic E-state index is -0.749. The zero-order valence-corrected chi connectivity index (χ0v) is 88.3. The van der Waals surface area contributed by atoms with E-state index in [9.17, 15) is 29.7 Å². The second-order valence-corrected chi connectivity index (χ2v) is 39.6. The molecule has 0 spiro atoms. The lowest BCUT2D eigenvalue weighted by Crippen LogP contribution is -2.05. The number of hydrogen-bond acceptors (Lipinski definition) is 21. The van der Waals surface area contributed by atoms with Crippen LogP contribution < -0.4 is 23.7 Å². The molecule has 10 aromatic carbocycles. The maximum atomic E-state index is 11.5. The Kier molecular flexibility index (Phi) is 37.7. The van der Waals surface area contributed by atoms with E-state index in [1.165, 1.54) is 86.9 Å². The number of carboxylic acids is 1. The lowest BCUT2D eigenvalue weighted by Gasteiger charge is -2.11. The van der Waals surface area contributed by atoms with Gasteiger partial charge in [0.25, 0.3) is 0 Å². The number of carboxylic acid groups (broad SMARTS) is 1. The van der Waals surface area contributed by atoms with Gasteiger partial charge in [-0.2, -0.15) is 0 Å². The predicted octanol–water partition coefficient (Wildman–Crippen LogP) is 27.1. The third-order valence-corrected chi connectivity index (χ3v) is 29.5. The average molecular weight is 2010 g/mol. The van der Waals surface area contributed by atoms with E-state index >= 15 is 0 Å². The number of fused-ring (bicyclic) bond motifs is 5. The average Bonchev–Trinajstić information content (AvgIpc) is 1.67. The highest BCUT2D eigenvalue weighted by Gasteiger charge is 2.31. The smallest absolute Gasteiger partial charge is 0.303 e. The van der Waals surface area contributed by atoms with Crippen LogP contribution in [0.25, 0.3) is 57.3 Å². The number of ketones is 2. The number of aromatic nitrogens is 5. The first kappa shape index (κ1) is 108. The summed E-state index contributed by atoms with van der Waals surface area (Å²) in [6, 6.07) is 71.2. The summed E-state index contributed by atoms with van der Waals surface area (Å²) in [6.07, 6.45) is 22.5. The number of benzene rings is 10. The first-order valence-corrected chi connectivity index (χ1v) is 53.7. The van der Waals surface area contributed by atoms with Crippen LogP contribution in [0.3, 0.4) is 0 Å². The highest BCUT2D eigenvalue weighted by molar-refractivity contribution is 5.77. The van der Waals surface area contributed by atoms with Crippen molar-refractivity contribution in [2.75, 3.05) is 33.0 Å². The second-order valence-electron chi connectivity index (χ2n) is 39.6. The van der Waals surface area contributed by atoms with Gasteiger partial charge in [-0.05, 0) is 352 Å². The summed E-state index contributed by atoms with van der Waals surface area (Å²) in [4.78, 5) is 57.4. The second kappa shape index (κ2) is 52.2. The van der Waals surface area contributed by atoms with Gasteiger partial charge in [0.2, 0.25) is 29.5 Å². The maximum absolute atomic E-state index is 11.5. The van der Waals surface area contributed by atoms with E-state index in [1.807, 2.05) is 124 Å². The number of Topliss-reactive ketones (excluding diaryl/α,β-unsaturated/α-hetero) is 2. The first-order valence-electron chi connectivity index (χ1n) is 53.7. The van der Waals surface area contributed by atoms with Crippen LogP contribution in [0.2, 0.25) is 0 Å². The Bertz CT molecular complexity index is 6630. The summed E-state index contributed by atoms with van der Waals surface area (Å²) in [7, 11) is 0. The van der Waals surface area contributed by atoms with Crippen LogP contribution in [0.4, 0.5) is 0 Å². The molecule has 0 saturated heterocycles. The monoisotopic (exact) mass is 2010 g/mol. The number of oxazole rings is 5. The lowest BCUT2D eigenvalue weighted by atomic mass is 9.96. The fourth-order valence-electron chi connectivity index (χ4n) is 21.1. The number of aliphatic hydroxyl groups excluding tert-OH is 3. The van der Waals surface area contributed by atoms with Crippen LogP contribution in [0.5, 0.6) is 28.7 Å². The van der Waals surface area contributed by atoms with Gasteiger partial charge < -0.3 is 75.8 Å². The molecule has 5 aliphatic carbocycles. The molecule has 22 nitrogen and oxygen atoms in total. The molecule has 0 aliphatic heterocycles. The molecule has 4 N–H and O–H groups in total. The molecule has 149 heavy (non-hydrogen) atoms. The van der Waals surface area contributed by atoms with Crippen LogP contribution in [-0.2, 0) is 131 Å². The van der Waals surface area contributed by atoms with Crippen molar-refractivity contribution in [3.8, 4) is 86.0 Å². The zero-order chi connectivity index (χ0) is 104. The Morgan fingerprint density at radius 1 is 0.289 bits per heavy atom. The van der Waals surface area contributed by atoms with Crippen LogP contribution in [0, 0.1) is 13.8 Å². The number of carbonyl (C=O) groups is 3. The Balaban J connectivity index is 0.000000133. The molecule has 5 aliphatic rings. The topological polar surface area (TPSA) is 308 Å². The molecule has 22 heteroatoms. The highest BCUT2D eigenvalue weighted by Crippen LogP contribution is 2.44. The molecule has 20 rings (SSSR count). The minimum absolute atomic E-state index is 0.0115. The number of hydrogen-bond donors (Lipinski definition) is 4. The number of aliphatic hydroxyl groups is 3. The van der Waals surface area contributed by atoms with Crippen molar-refractivity contribution in [1.29, 1.82) is 0 Å². The number of ether oxygens (including phenoxy) is 5. The van der Waals surface area contributed by atoms with Gasteiger partial charge in [-0.25, -0.2) is 24.9 Å². The van der Waals surface area contributed by atoms with Crippen LogP contribution >= 0.6 is 0 Å². The molecule has 0 unspecified atom stereocenters. The van der Waals surface area contributed by atoms with Crippen molar-refractivity contribution in [1.82, 2.24) is 24.9 Å². The summed E-state index contributed by atoms with van der Waals surface area (Å²) in [5.41, 5.74) is 28.1. The standard InChI is InChI=1S/2C26H29NO3.C25H27NO5.2C25H29NO3/c2*1-4-19-5-7-20(8-6-19)26-27-25(18(3)30-26)13-14-29-23-11-12-24-21(15-17(2)28)9-10-22(24)16-23;1-2-23-22(26-25(31-23)17-5-3-16(15-27)4-6-17)11-12-30-20-9-10-21-18(13-20)7-8-19(21)14-24(28)29;2*1-3-18-9-10-20-15-21(11-12-22(18)20)28-14-13-23-24(4-2)29-25(26-23)19-7-5-17(16-27)6-8-19/h2*5-8,11-12,16,21H,4,9-10,13-15H2,1-3H3;3-6,9-10,13,19,27H,2,7-8,11-12,14-15H2,1H3,(H,28,29);2*5-8,11-12,15,18,27H,3-4,9-10,13-14,16H2,1-2H3/t2*21-;19-;2*18-/m10110/s1. The summed E-state index contributed by atoms with van der Waals surface area (Å²) >= 11 is 0. The summed E-state index contributed by atoms with van der Waals surface area (Å²) in [5.74, 6) is 14.0. The molecule has 15 aromatic rings. The normalized spacial score (nSPS) is 15.3. The fourth-order valence-corrected chi connectivity index (χ4v) is 21.1. The zero-order valence-electron chi connectivity index (χ0n) is 88.3. The van der Waals surface area contributed by atoms with Gasteiger partial charge in [0.1, 0.15) is 69.1 Å². The van der Waals surface area contributed by atoms with E-state index in [4.69, 9.17) is 60.8 Å². The molecule has 0 saturated carbocycles. The fraction of sp³-hybridized carbons (Fsp3) is 0.386. The molecule has 5 heterocycles. The van der Waals surface area contributed by atoms with E-state index in [-0.39, 0.29) is 43.7 Å². The molecule has 778 valence electrons. The predicted molar refractivity (Wildman–Crippen MR) is 581 cm³/mol. The van der Waals surface area contributed by atoms with E-state index in [0.29, 0.717) is 118 Å². The summed E-state index contributed by atoms with van der Waals surface area (Å²) < 4.78 is 59.7. The number of aliphatic carboxylic acids is 1. The SMILES string of the molecule is CCc1ccc(-c2nc(CCOc3ccc4c(c3)CC[C@@H]4CC(C)=O)c(C)o2)cc1.CCc1ccc(-c2nc(CCOc3ccc4c(c3)CC[C@H]4CC(C)=O)c(C)o2)cc1.CCc1oc(-c2ccc(CO)cc2)nc1CCOc1ccc2c(c1)CC[C@@H]2CC.CCc1oc(-c2ccc(CO)cc2)nc1CCOc1ccc2c(c1)CC[C@@H]2CC(=O)O.CCc1oc(-c2ccc(CO)cc2)nc1CCOc1ccc2c(c1)CC[C@H]2CC. The van der Waals surface area contributed by atoms with Gasteiger partial charge in [0.15, 0.2) is 0 Å². The van der Waals surface area contributed by atoms with Crippen molar-refractivity contribution in [3.63, 3.8) is 0 Å². The van der Waals surface area contributed by atoms with E-state index < -0.39 is 5.97 Å². The number of aryl methyl sites for hydroxylation is 12. The molecule has 0 amide bonds. The van der Waals surface area contributed by atoms with Crippen LogP contribution in [0.15, 0.2) is 234 Å². The van der Waals surface area contributed by atoms with E-state index in [0.717, 1.165) is 232 Å². The third-order valence-electron chi connectivity index (χ3n) is 29.5. The van der Waals surface area contributed by atoms with Crippen LogP contribution in [-0.4, -0.2) is 95.9 Å². The van der Waals surface area contributed by atoms with Gasteiger partial charge in [0, 0.05) is 92.0 Å². The van der Waals surface area contributed by atoms with E-state index in [2.05, 4.69) is 166 Å². The molecule has 0 bridgehead atoms. The molecular weight excluding hydrogens is 1870 g/mol. The van der Waals surface area contributed by atoms with Crippen LogP contribution in [0.1, 0.15) is 297 Å². The van der Waals surface area contributed by atoms with Crippen molar-refractivity contribution in [2.45, 2.75) is 286 Å².